The highest BCUT2D eigenvalue weighted by molar-refractivity contribution is 7.92. The molecule has 34 heavy (non-hydrogen) atoms. The number of fused-ring (bicyclic) bond motifs is 1. The number of rotatable bonds is 5. The molecule has 3 heterocycles. The van der Waals surface area contributed by atoms with Crippen LogP contribution >= 0.6 is 11.6 Å². The maximum absolute atomic E-state index is 13.2. The van der Waals surface area contributed by atoms with Gasteiger partial charge >= 0.3 is 0 Å². The van der Waals surface area contributed by atoms with Gasteiger partial charge < -0.3 is 0 Å². The summed E-state index contributed by atoms with van der Waals surface area (Å²) in [5, 5.41) is -0.0185. The Hall–Kier alpha value is -3.95. The highest BCUT2D eigenvalue weighted by atomic mass is 35.5. The molecule has 0 aliphatic heterocycles. The smallest absolute Gasteiger partial charge is 0.261 e. The standard InChI is InChI=1S/C24H15ClFN5O2S/c25-24-22(31-34(32,33)19-4-2-18(26)3-5-19)12-17(13-29-24)16-1-6-20-21(11-16)30-23(14-28-20)15-7-9-27-10-8-15/h1-14,31H. The van der Waals surface area contributed by atoms with Crippen LogP contribution in [-0.4, -0.2) is 28.4 Å². The Morgan fingerprint density at radius 1 is 0.794 bits per heavy atom. The maximum Gasteiger partial charge on any atom is 0.261 e. The van der Waals surface area contributed by atoms with Crippen LogP contribution < -0.4 is 4.72 Å². The Morgan fingerprint density at radius 2 is 1.56 bits per heavy atom. The van der Waals surface area contributed by atoms with Gasteiger partial charge in [0.05, 0.1) is 33.5 Å². The van der Waals surface area contributed by atoms with Crippen LogP contribution in [0, 0.1) is 5.82 Å². The van der Waals surface area contributed by atoms with Crippen molar-refractivity contribution in [2.75, 3.05) is 4.72 Å². The predicted octanol–water partition coefficient (Wildman–Crippen LogP) is 5.35. The van der Waals surface area contributed by atoms with Gasteiger partial charge in [0, 0.05) is 29.7 Å². The molecule has 3 aromatic heterocycles. The lowest BCUT2D eigenvalue weighted by Crippen LogP contribution is -2.13. The number of hydrogen-bond donors (Lipinski definition) is 1. The number of hydrogen-bond acceptors (Lipinski definition) is 6. The summed E-state index contributed by atoms with van der Waals surface area (Å²) in [4.78, 5) is 17.2. The maximum atomic E-state index is 13.2. The zero-order valence-electron chi connectivity index (χ0n) is 17.4. The van der Waals surface area contributed by atoms with Gasteiger partial charge in [0.25, 0.3) is 10.0 Å². The van der Waals surface area contributed by atoms with Crippen molar-refractivity contribution in [2.24, 2.45) is 0 Å². The first-order chi connectivity index (χ1) is 16.4. The van der Waals surface area contributed by atoms with Gasteiger partial charge in [0.15, 0.2) is 5.15 Å². The molecule has 0 unspecified atom stereocenters. The van der Waals surface area contributed by atoms with Crippen molar-refractivity contribution in [1.82, 2.24) is 19.9 Å². The van der Waals surface area contributed by atoms with Gasteiger partial charge in [-0.2, -0.15) is 0 Å². The molecule has 5 rings (SSSR count). The van der Waals surface area contributed by atoms with Crippen molar-refractivity contribution in [1.29, 1.82) is 0 Å². The summed E-state index contributed by atoms with van der Waals surface area (Å²) in [7, 11) is -3.99. The van der Waals surface area contributed by atoms with E-state index in [0.29, 0.717) is 22.3 Å². The lowest BCUT2D eigenvalue weighted by atomic mass is 10.1. The second-order valence-corrected chi connectivity index (χ2v) is 9.36. The van der Waals surface area contributed by atoms with Gasteiger partial charge in [-0.1, -0.05) is 17.7 Å². The Morgan fingerprint density at radius 3 is 2.32 bits per heavy atom. The molecule has 0 fully saturated rings. The van der Waals surface area contributed by atoms with Crippen LogP contribution in [0.2, 0.25) is 5.15 Å². The molecule has 168 valence electrons. The van der Waals surface area contributed by atoms with Gasteiger partial charge in [-0.05, 0) is 60.2 Å². The van der Waals surface area contributed by atoms with Crippen LogP contribution in [0.3, 0.4) is 0 Å². The van der Waals surface area contributed by atoms with Crippen LogP contribution in [0.15, 0.2) is 90.3 Å². The first-order valence-electron chi connectivity index (χ1n) is 10.0. The van der Waals surface area contributed by atoms with Crippen LogP contribution in [0.5, 0.6) is 0 Å². The first-order valence-corrected chi connectivity index (χ1v) is 11.9. The van der Waals surface area contributed by atoms with Crippen molar-refractivity contribution in [2.45, 2.75) is 4.90 Å². The lowest BCUT2D eigenvalue weighted by Gasteiger charge is -2.11. The zero-order valence-corrected chi connectivity index (χ0v) is 18.9. The molecule has 0 saturated heterocycles. The third-order valence-electron chi connectivity index (χ3n) is 5.06. The van der Waals surface area contributed by atoms with E-state index >= 15 is 0 Å². The van der Waals surface area contributed by atoms with Crippen molar-refractivity contribution in [3.8, 4) is 22.4 Å². The normalized spacial score (nSPS) is 11.5. The van der Waals surface area contributed by atoms with E-state index in [0.717, 1.165) is 23.3 Å². The fraction of sp³-hybridized carbons (Fsp3) is 0. The number of nitrogens with zero attached hydrogens (tertiary/aromatic N) is 4. The monoisotopic (exact) mass is 491 g/mol. The number of halogens is 2. The molecule has 0 bridgehead atoms. The van der Waals surface area contributed by atoms with Crippen molar-refractivity contribution in [3.63, 3.8) is 0 Å². The molecule has 0 radical (unpaired) electrons. The third-order valence-corrected chi connectivity index (χ3v) is 6.74. The number of pyridine rings is 2. The van der Waals surface area contributed by atoms with Gasteiger partial charge in [0.1, 0.15) is 5.82 Å². The Bertz CT molecular complexity index is 1610. The number of benzene rings is 2. The molecule has 0 amide bonds. The van der Waals surface area contributed by atoms with E-state index in [1.54, 1.807) is 30.9 Å². The predicted molar refractivity (Wildman–Crippen MR) is 128 cm³/mol. The number of anilines is 1. The summed E-state index contributed by atoms with van der Waals surface area (Å²) in [6.07, 6.45) is 6.61. The van der Waals surface area contributed by atoms with Crippen LogP contribution in [0.4, 0.5) is 10.1 Å². The van der Waals surface area contributed by atoms with Crippen molar-refractivity contribution in [3.05, 3.63) is 96.4 Å². The van der Waals surface area contributed by atoms with E-state index in [9.17, 15) is 12.8 Å². The average molecular weight is 492 g/mol. The fourth-order valence-corrected chi connectivity index (χ4v) is 4.61. The molecule has 7 nitrogen and oxygen atoms in total. The highest BCUT2D eigenvalue weighted by Gasteiger charge is 2.17. The van der Waals surface area contributed by atoms with Crippen molar-refractivity contribution >= 4 is 38.3 Å². The van der Waals surface area contributed by atoms with E-state index in [1.807, 2.05) is 30.3 Å². The number of sulfonamides is 1. The molecule has 5 aromatic rings. The largest absolute Gasteiger partial charge is 0.276 e. The molecule has 2 aromatic carbocycles. The molecule has 1 N–H and O–H groups in total. The van der Waals surface area contributed by atoms with Gasteiger partial charge in [-0.25, -0.2) is 22.8 Å². The molecular formula is C24H15ClFN5O2S. The molecule has 0 saturated carbocycles. The summed E-state index contributed by atoms with van der Waals surface area (Å²) in [5.41, 5.74) is 4.44. The quantitative estimate of drug-likeness (QED) is 0.333. The minimum atomic E-state index is -3.99. The first kappa shape index (κ1) is 21.9. The fourth-order valence-electron chi connectivity index (χ4n) is 3.35. The Kier molecular flexibility index (Phi) is 5.64. The lowest BCUT2D eigenvalue weighted by molar-refractivity contribution is 0.599. The SMILES string of the molecule is O=S(=O)(Nc1cc(-c2ccc3ncc(-c4ccncc4)nc3c2)cnc1Cl)c1ccc(F)cc1. The summed E-state index contributed by atoms with van der Waals surface area (Å²) in [6, 6.07) is 15.3. The molecular weight excluding hydrogens is 477 g/mol. The third kappa shape index (κ3) is 4.43. The van der Waals surface area contributed by atoms with Gasteiger partial charge in [-0.15, -0.1) is 0 Å². The summed E-state index contributed by atoms with van der Waals surface area (Å²) in [5.74, 6) is -0.535. The van der Waals surface area contributed by atoms with Gasteiger partial charge in [-0.3, -0.25) is 14.7 Å². The van der Waals surface area contributed by atoms with E-state index in [4.69, 9.17) is 16.6 Å². The van der Waals surface area contributed by atoms with E-state index in [1.165, 1.54) is 12.1 Å². The average Bonchev–Trinajstić information content (AvgIpc) is 2.85. The topological polar surface area (TPSA) is 97.7 Å². The van der Waals surface area contributed by atoms with Gasteiger partial charge in [0.2, 0.25) is 0 Å². The molecule has 0 atom stereocenters. The second-order valence-electron chi connectivity index (χ2n) is 7.32. The molecule has 0 aliphatic rings. The minimum Gasteiger partial charge on any atom is -0.276 e. The number of aromatic nitrogens is 4. The summed E-state index contributed by atoms with van der Waals surface area (Å²) in [6.45, 7) is 0. The Balaban J connectivity index is 1.51. The van der Waals surface area contributed by atoms with Crippen molar-refractivity contribution < 1.29 is 12.8 Å². The zero-order chi connectivity index (χ0) is 23.7. The van der Waals surface area contributed by atoms with Crippen LogP contribution in [0.1, 0.15) is 0 Å². The molecule has 10 heteroatoms. The minimum absolute atomic E-state index is 0.0185. The van der Waals surface area contributed by atoms with E-state index in [-0.39, 0.29) is 15.7 Å². The van der Waals surface area contributed by atoms with E-state index in [2.05, 4.69) is 19.7 Å². The number of nitrogens with one attached hydrogen (secondary N) is 1. The summed E-state index contributed by atoms with van der Waals surface area (Å²) >= 11 is 6.16. The van der Waals surface area contributed by atoms with Crippen LogP contribution in [-0.2, 0) is 10.0 Å². The van der Waals surface area contributed by atoms with E-state index < -0.39 is 15.8 Å². The molecule has 0 aliphatic carbocycles. The molecule has 0 spiro atoms. The summed E-state index contributed by atoms with van der Waals surface area (Å²) < 4.78 is 41.0. The highest BCUT2D eigenvalue weighted by Crippen LogP contribution is 2.30. The second kappa shape index (κ2) is 8.77. The Labute approximate surface area is 199 Å². The van der Waals surface area contributed by atoms with Crippen LogP contribution in [0.25, 0.3) is 33.4 Å².